The summed E-state index contributed by atoms with van der Waals surface area (Å²) >= 11 is 0. The number of phenolic OH excluding ortho intramolecular Hbond substituents is 3. The highest BCUT2D eigenvalue weighted by Crippen LogP contribution is 2.36. The molecular formula is C18H14O5. The monoisotopic (exact) mass is 310 g/mol. The van der Waals surface area contributed by atoms with Gasteiger partial charge in [0.2, 0.25) is 0 Å². The van der Waals surface area contributed by atoms with Gasteiger partial charge in [-0.25, -0.2) is 4.79 Å². The summed E-state index contributed by atoms with van der Waals surface area (Å²) in [6.07, 6.45) is 0. The van der Waals surface area contributed by atoms with Gasteiger partial charge in [0.1, 0.15) is 28.6 Å². The lowest BCUT2D eigenvalue weighted by molar-refractivity contribution is 0.0731. The third-order valence-corrected chi connectivity index (χ3v) is 3.51. The number of aryl methyl sites for hydroxylation is 1. The molecule has 0 bridgehead atoms. The molecule has 5 nitrogen and oxygen atoms in total. The average Bonchev–Trinajstić information content (AvgIpc) is 2.53. The van der Waals surface area contributed by atoms with Crippen molar-refractivity contribution in [1.82, 2.24) is 0 Å². The normalized spacial score (nSPS) is 10.7. The standard InChI is InChI=1S/C18H14O5/c1-10-2-7-13-14(8-10)16(20)9-15(17(13)21)18(22)23-12-5-3-11(19)4-6-12/h2-9,19-21H,1H3. The van der Waals surface area contributed by atoms with E-state index in [0.717, 1.165) is 5.56 Å². The Bertz CT molecular complexity index is 897. The van der Waals surface area contributed by atoms with E-state index < -0.39 is 5.97 Å². The van der Waals surface area contributed by atoms with Gasteiger partial charge >= 0.3 is 5.97 Å². The van der Waals surface area contributed by atoms with Crippen LogP contribution in [0.1, 0.15) is 15.9 Å². The highest BCUT2D eigenvalue weighted by atomic mass is 16.5. The second-order valence-corrected chi connectivity index (χ2v) is 5.22. The Morgan fingerprint density at radius 2 is 1.61 bits per heavy atom. The van der Waals surface area contributed by atoms with E-state index in [4.69, 9.17) is 4.74 Å². The van der Waals surface area contributed by atoms with Gasteiger partial charge in [0, 0.05) is 10.8 Å². The second kappa shape index (κ2) is 5.53. The summed E-state index contributed by atoms with van der Waals surface area (Å²) in [5.74, 6) is -0.895. The predicted octanol–water partition coefficient (Wildman–Crippen LogP) is 3.48. The van der Waals surface area contributed by atoms with Crippen molar-refractivity contribution in [1.29, 1.82) is 0 Å². The van der Waals surface area contributed by atoms with E-state index in [1.54, 1.807) is 18.2 Å². The fourth-order valence-electron chi connectivity index (χ4n) is 2.34. The molecule has 0 spiro atoms. The van der Waals surface area contributed by atoms with Crippen molar-refractivity contribution < 1.29 is 24.9 Å². The Balaban J connectivity index is 2.02. The van der Waals surface area contributed by atoms with Gasteiger partial charge in [-0.2, -0.15) is 0 Å². The SMILES string of the molecule is Cc1ccc2c(O)c(C(=O)Oc3ccc(O)cc3)cc(O)c2c1. The largest absolute Gasteiger partial charge is 0.508 e. The number of carbonyl (C=O) groups excluding carboxylic acids is 1. The molecule has 0 amide bonds. The van der Waals surface area contributed by atoms with Gasteiger partial charge in [-0.3, -0.25) is 0 Å². The van der Waals surface area contributed by atoms with Gasteiger partial charge in [-0.05, 0) is 43.3 Å². The minimum absolute atomic E-state index is 0.0476. The molecule has 0 unspecified atom stereocenters. The fourth-order valence-corrected chi connectivity index (χ4v) is 2.34. The zero-order valence-electron chi connectivity index (χ0n) is 12.3. The molecule has 116 valence electrons. The molecule has 0 saturated heterocycles. The molecule has 0 fully saturated rings. The second-order valence-electron chi connectivity index (χ2n) is 5.22. The Morgan fingerprint density at radius 1 is 0.913 bits per heavy atom. The van der Waals surface area contributed by atoms with Crippen LogP contribution in [0.15, 0.2) is 48.5 Å². The van der Waals surface area contributed by atoms with Gasteiger partial charge in [-0.1, -0.05) is 17.7 Å². The molecule has 3 aromatic rings. The maximum atomic E-state index is 12.2. The van der Waals surface area contributed by atoms with Crippen LogP contribution in [0.5, 0.6) is 23.0 Å². The van der Waals surface area contributed by atoms with Gasteiger partial charge < -0.3 is 20.1 Å². The molecule has 3 aromatic carbocycles. The molecule has 23 heavy (non-hydrogen) atoms. The van der Waals surface area contributed by atoms with Crippen molar-refractivity contribution in [3.63, 3.8) is 0 Å². The maximum Gasteiger partial charge on any atom is 0.347 e. The molecule has 0 aliphatic rings. The number of carbonyl (C=O) groups is 1. The highest BCUT2D eigenvalue weighted by molar-refractivity contribution is 6.04. The van der Waals surface area contributed by atoms with E-state index in [2.05, 4.69) is 0 Å². The molecule has 0 atom stereocenters. The first-order chi connectivity index (χ1) is 11.0. The summed E-state index contributed by atoms with van der Waals surface area (Å²) in [6, 6.07) is 11.9. The molecular weight excluding hydrogens is 296 g/mol. The van der Waals surface area contributed by atoms with E-state index in [1.165, 1.54) is 30.3 Å². The van der Waals surface area contributed by atoms with Gasteiger partial charge in [-0.15, -0.1) is 0 Å². The summed E-state index contributed by atoms with van der Waals surface area (Å²) in [4.78, 5) is 12.2. The van der Waals surface area contributed by atoms with Crippen LogP contribution in [0.3, 0.4) is 0 Å². The number of aromatic hydroxyl groups is 3. The first-order valence-electron chi connectivity index (χ1n) is 6.92. The number of benzene rings is 3. The average molecular weight is 310 g/mol. The van der Waals surface area contributed by atoms with Crippen LogP contribution in [0, 0.1) is 6.92 Å². The molecule has 5 heteroatoms. The Hall–Kier alpha value is -3.21. The summed E-state index contributed by atoms with van der Waals surface area (Å²) in [5, 5.41) is 30.5. The number of rotatable bonds is 2. The number of ether oxygens (including phenoxy) is 1. The van der Waals surface area contributed by atoms with Crippen LogP contribution >= 0.6 is 0 Å². The van der Waals surface area contributed by atoms with Crippen LogP contribution in [-0.4, -0.2) is 21.3 Å². The smallest absolute Gasteiger partial charge is 0.347 e. The maximum absolute atomic E-state index is 12.2. The number of hydrogen-bond acceptors (Lipinski definition) is 5. The number of esters is 1. The molecule has 0 aliphatic carbocycles. The third-order valence-electron chi connectivity index (χ3n) is 3.51. The van der Waals surface area contributed by atoms with Crippen molar-refractivity contribution in [2.24, 2.45) is 0 Å². The van der Waals surface area contributed by atoms with Crippen LogP contribution in [0.2, 0.25) is 0 Å². The van der Waals surface area contributed by atoms with E-state index in [-0.39, 0.29) is 28.6 Å². The lowest BCUT2D eigenvalue weighted by atomic mass is 10.0. The zero-order chi connectivity index (χ0) is 16.6. The minimum atomic E-state index is -0.800. The van der Waals surface area contributed by atoms with Gasteiger partial charge in [0.05, 0.1) is 0 Å². The van der Waals surface area contributed by atoms with Crippen LogP contribution in [-0.2, 0) is 0 Å². The van der Waals surface area contributed by atoms with Crippen LogP contribution in [0.4, 0.5) is 0 Å². The quantitative estimate of drug-likeness (QED) is 0.383. The molecule has 0 radical (unpaired) electrons. The Morgan fingerprint density at radius 3 is 2.30 bits per heavy atom. The predicted molar refractivity (Wildman–Crippen MR) is 85.1 cm³/mol. The first kappa shape index (κ1) is 14.7. The molecule has 3 rings (SSSR count). The summed E-state index contributed by atoms with van der Waals surface area (Å²) < 4.78 is 5.14. The molecule has 3 N–H and O–H groups in total. The van der Waals surface area contributed by atoms with E-state index in [1.807, 2.05) is 6.92 Å². The molecule has 0 saturated carbocycles. The zero-order valence-corrected chi connectivity index (χ0v) is 12.3. The van der Waals surface area contributed by atoms with Crippen molar-refractivity contribution in [3.8, 4) is 23.0 Å². The molecule has 0 aromatic heterocycles. The molecule has 0 heterocycles. The fraction of sp³-hybridized carbons (Fsp3) is 0.0556. The van der Waals surface area contributed by atoms with E-state index in [0.29, 0.717) is 10.8 Å². The topological polar surface area (TPSA) is 87.0 Å². The van der Waals surface area contributed by atoms with Gasteiger partial charge in [0.15, 0.2) is 0 Å². The lowest BCUT2D eigenvalue weighted by Crippen LogP contribution is -2.09. The van der Waals surface area contributed by atoms with Crippen molar-refractivity contribution in [2.75, 3.05) is 0 Å². The first-order valence-corrected chi connectivity index (χ1v) is 6.92. The number of fused-ring (bicyclic) bond motifs is 1. The minimum Gasteiger partial charge on any atom is -0.508 e. The van der Waals surface area contributed by atoms with Gasteiger partial charge in [0.25, 0.3) is 0 Å². The van der Waals surface area contributed by atoms with Crippen LogP contribution in [0.25, 0.3) is 10.8 Å². The Labute approximate surface area is 132 Å². The van der Waals surface area contributed by atoms with E-state index >= 15 is 0 Å². The number of phenols is 3. The summed E-state index contributed by atoms with van der Waals surface area (Å²) in [5.41, 5.74) is 0.790. The molecule has 0 aliphatic heterocycles. The highest BCUT2D eigenvalue weighted by Gasteiger charge is 2.19. The van der Waals surface area contributed by atoms with Crippen molar-refractivity contribution in [2.45, 2.75) is 6.92 Å². The lowest BCUT2D eigenvalue weighted by Gasteiger charge is -2.10. The Kier molecular flexibility index (Phi) is 3.54. The van der Waals surface area contributed by atoms with E-state index in [9.17, 15) is 20.1 Å². The van der Waals surface area contributed by atoms with Crippen molar-refractivity contribution in [3.05, 3.63) is 59.7 Å². The summed E-state index contributed by atoms with van der Waals surface area (Å²) in [6.45, 7) is 1.86. The summed E-state index contributed by atoms with van der Waals surface area (Å²) in [7, 11) is 0. The van der Waals surface area contributed by atoms with Crippen molar-refractivity contribution >= 4 is 16.7 Å². The number of hydrogen-bond donors (Lipinski definition) is 3. The van der Waals surface area contributed by atoms with Crippen LogP contribution < -0.4 is 4.74 Å². The third kappa shape index (κ3) is 2.76.